The van der Waals surface area contributed by atoms with Crippen molar-refractivity contribution in [3.63, 3.8) is 0 Å². The molecule has 0 radical (unpaired) electrons. The lowest BCUT2D eigenvalue weighted by Gasteiger charge is -2.41. The van der Waals surface area contributed by atoms with E-state index in [2.05, 4.69) is 32.7 Å². The zero-order valence-corrected chi connectivity index (χ0v) is 25.2. The molecule has 1 saturated heterocycles. The number of rotatable bonds is 10. The average molecular weight is 625 g/mol. The number of thioether (sulfide) groups is 1. The van der Waals surface area contributed by atoms with Crippen molar-refractivity contribution < 1.29 is 24.5 Å². The Kier molecular flexibility index (Phi) is 9.46. The van der Waals surface area contributed by atoms with Crippen LogP contribution >= 0.6 is 11.8 Å². The van der Waals surface area contributed by atoms with E-state index < -0.39 is 6.29 Å². The number of tetrazole rings is 1. The smallest absolute Gasteiger partial charge is 0.253 e. The average Bonchev–Trinajstić information content (AvgIpc) is 3.56. The minimum atomic E-state index is -0.638. The van der Waals surface area contributed by atoms with Gasteiger partial charge in [0.1, 0.15) is 5.75 Å². The minimum Gasteiger partial charge on any atom is -0.508 e. The van der Waals surface area contributed by atoms with Crippen molar-refractivity contribution in [2.75, 3.05) is 5.75 Å². The number of phenols is 1. The van der Waals surface area contributed by atoms with Crippen molar-refractivity contribution in [1.29, 1.82) is 0 Å². The van der Waals surface area contributed by atoms with Gasteiger partial charge in [-0.05, 0) is 63.5 Å². The van der Waals surface area contributed by atoms with Crippen molar-refractivity contribution in [2.24, 2.45) is 5.92 Å². The number of amides is 1. The van der Waals surface area contributed by atoms with Crippen molar-refractivity contribution in [2.45, 2.75) is 43.7 Å². The number of hydrogen-bond acceptors (Lipinski definition) is 10. The highest BCUT2D eigenvalue weighted by molar-refractivity contribution is 7.99. The van der Waals surface area contributed by atoms with E-state index in [-0.39, 0.29) is 36.4 Å². The minimum absolute atomic E-state index is 0.0197. The van der Waals surface area contributed by atoms with Crippen LogP contribution in [0.25, 0.3) is 5.69 Å². The summed E-state index contributed by atoms with van der Waals surface area (Å²) < 4.78 is 14.8. The van der Waals surface area contributed by atoms with Gasteiger partial charge in [-0.25, -0.2) is 0 Å². The van der Waals surface area contributed by atoms with Crippen molar-refractivity contribution in [3.8, 4) is 11.4 Å². The molecule has 1 aliphatic heterocycles. The highest BCUT2D eigenvalue weighted by Crippen LogP contribution is 2.43. The molecule has 3 N–H and O–H groups in total. The third kappa shape index (κ3) is 7.21. The number of hydrogen-bond donors (Lipinski definition) is 3. The van der Waals surface area contributed by atoms with E-state index in [0.717, 1.165) is 27.9 Å². The summed E-state index contributed by atoms with van der Waals surface area (Å²) in [5.74, 6) is 0.515. The number of aromatic nitrogens is 5. The first-order chi connectivity index (χ1) is 22.0. The largest absolute Gasteiger partial charge is 0.508 e. The lowest BCUT2D eigenvalue weighted by molar-refractivity contribution is -0.268. The van der Waals surface area contributed by atoms with Gasteiger partial charge in [0.2, 0.25) is 5.16 Å². The zero-order chi connectivity index (χ0) is 31.2. The molecule has 1 aliphatic rings. The second-order valence-electron chi connectivity index (χ2n) is 10.7. The first-order valence-electron chi connectivity index (χ1n) is 14.5. The Morgan fingerprint density at radius 1 is 0.956 bits per heavy atom. The lowest BCUT2D eigenvalue weighted by atomic mass is 9.91. The molecule has 6 rings (SSSR count). The van der Waals surface area contributed by atoms with Crippen LogP contribution < -0.4 is 5.32 Å². The summed E-state index contributed by atoms with van der Waals surface area (Å²) in [5, 5.41) is 34.9. The van der Waals surface area contributed by atoms with Gasteiger partial charge >= 0.3 is 0 Å². The Morgan fingerprint density at radius 2 is 1.69 bits per heavy atom. The van der Waals surface area contributed by atoms with Gasteiger partial charge in [0.25, 0.3) is 5.91 Å². The fourth-order valence-corrected chi connectivity index (χ4v) is 6.12. The SMILES string of the molecule is CC1C(CSc2nnnn2-c2ccc(O)cc2)OC(c2ccc(CNC(=O)c3cccnc3)cc2)OC1c1ccc(CO)cc1. The third-order valence-electron chi connectivity index (χ3n) is 7.66. The van der Waals surface area contributed by atoms with Crippen LogP contribution in [0.2, 0.25) is 0 Å². The van der Waals surface area contributed by atoms with E-state index in [1.165, 1.54) is 18.0 Å². The Balaban J connectivity index is 1.18. The van der Waals surface area contributed by atoms with Crippen LogP contribution in [0, 0.1) is 5.92 Å². The molecule has 3 aromatic carbocycles. The lowest BCUT2D eigenvalue weighted by Crippen LogP contribution is -2.38. The molecular formula is C33H32N6O5S. The van der Waals surface area contributed by atoms with Gasteiger partial charge in [0.05, 0.1) is 30.1 Å². The molecule has 1 fully saturated rings. The number of carbonyl (C=O) groups is 1. The molecule has 45 heavy (non-hydrogen) atoms. The number of carbonyl (C=O) groups excluding carboxylic acids is 1. The summed E-state index contributed by atoms with van der Waals surface area (Å²) in [7, 11) is 0. The van der Waals surface area contributed by atoms with Crippen LogP contribution in [0.15, 0.2) is 102 Å². The van der Waals surface area contributed by atoms with Crippen molar-refractivity contribution >= 4 is 17.7 Å². The second-order valence-corrected chi connectivity index (χ2v) is 11.7. The fraction of sp³-hybridized carbons (Fsp3) is 0.242. The van der Waals surface area contributed by atoms with E-state index in [4.69, 9.17) is 9.47 Å². The molecule has 0 aliphatic carbocycles. The summed E-state index contributed by atoms with van der Waals surface area (Å²) in [6.07, 6.45) is 2.03. The van der Waals surface area contributed by atoms with Crippen LogP contribution in [0.3, 0.4) is 0 Å². The maximum Gasteiger partial charge on any atom is 0.253 e. The first-order valence-corrected chi connectivity index (χ1v) is 15.5. The highest BCUT2D eigenvalue weighted by Gasteiger charge is 2.38. The van der Waals surface area contributed by atoms with Gasteiger partial charge in [0.15, 0.2) is 6.29 Å². The van der Waals surface area contributed by atoms with Gasteiger partial charge in [-0.15, -0.1) is 5.10 Å². The molecule has 4 atom stereocenters. The van der Waals surface area contributed by atoms with Gasteiger partial charge in [-0.2, -0.15) is 4.68 Å². The topological polar surface area (TPSA) is 145 Å². The van der Waals surface area contributed by atoms with E-state index in [1.807, 2.05) is 48.5 Å². The molecule has 12 heteroatoms. The Labute approximate surface area is 264 Å². The van der Waals surface area contributed by atoms with Crippen LogP contribution in [-0.4, -0.2) is 53.2 Å². The predicted molar refractivity (Wildman–Crippen MR) is 166 cm³/mol. The maximum atomic E-state index is 12.4. The second kappa shape index (κ2) is 14.0. The summed E-state index contributed by atoms with van der Waals surface area (Å²) in [5.41, 5.74) is 4.85. The summed E-state index contributed by atoms with van der Waals surface area (Å²) in [6.45, 7) is 2.44. The van der Waals surface area contributed by atoms with Gasteiger partial charge in [-0.1, -0.05) is 67.2 Å². The van der Waals surface area contributed by atoms with Crippen molar-refractivity contribution in [1.82, 2.24) is 30.5 Å². The summed E-state index contributed by atoms with van der Waals surface area (Å²) in [4.78, 5) is 16.4. The standard InChI is InChI=1S/C33H32N6O5S/c1-21-29(20-45-33-36-37-38-39(33)27-12-14-28(41)15-13-27)43-32(44-30(21)24-8-6-23(19-40)7-9-24)25-10-4-22(5-11-25)17-35-31(42)26-3-2-16-34-18-26/h2-16,18,21,29-30,32,40-41H,17,19-20H2,1H3,(H,35,42). The molecular weight excluding hydrogens is 592 g/mol. The molecule has 0 bridgehead atoms. The number of pyridine rings is 1. The molecule has 2 aromatic heterocycles. The molecule has 0 saturated carbocycles. The predicted octanol–water partition coefficient (Wildman–Crippen LogP) is 4.77. The first kappa shape index (κ1) is 30.4. The molecule has 3 heterocycles. The number of aliphatic hydroxyl groups excluding tert-OH is 1. The van der Waals surface area contributed by atoms with Crippen LogP contribution in [0.5, 0.6) is 5.75 Å². The molecule has 4 unspecified atom stereocenters. The quantitative estimate of drug-likeness (QED) is 0.186. The third-order valence-corrected chi connectivity index (χ3v) is 8.67. The Morgan fingerprint density at radius 3 is 2.40 bits per heavy atom. The number of aliphatic hydroxyl groups is 1. The Bertz CT molecular complexity index is 1700. The summed E-state index contributed by atoms with van der Waals surface area (Å²) >= 11 is 1.48. The number of nitrogens with zero attached hydrogens (tertiary/aromatic N) is 5. The number of benzene rings is 3. The van der Waals surface area contributed by atoms with E-state index in [9.17, 15) is 15.0 Å². The molecule has 230 valence electrons. The monoisotopic (exact) mass is 624 g/mol. The highest BCUT2D eigenvalue weighted by atomic mass is 32.2. The van der Waals surface area contributed by atoms with Crippen LogP contribution in [0.1, 0.15) is 51.9 Å². The van der Waals surface area contributed by atoms with Crippen molar-refractivity contribution in [3.05, 3.63) is 125 Å². The van der Waals surface area contributed by atoms with E-state index in [0.29, 0.717) is 23.0 Å². The number of nitrogens with one attached hydrogen (secondary N) is 1. The number of ether oxygens (including phenoxy) is 2. The summed E-state index contributed by atoms with van der Waals surface area (Å²) in [6, 6.07) is 25.7. The molecule has 1 amide bonds. The normalized spacial score (nSPS) is 19.7. The van der Waals surface area contributed by atoms with E-state index in [1.54, 1.807) is 47.3 Å². The Hall–Kier alpha value is -4.62. The molecule has 0 spiro atoms. The number of phenolic OH excluding ortho intramolecular Hbond substituents is 1. The van der Waals surface area contributed by atoms with Gasteiger partial charge < -0.3 is 25.0 Å². The van der Waals surface area contributed by atoms with Gasteiger partial charge in [0, 0.05) is 36.2 Å². The number of aromatic hydroxyl groups is 1. The van der Waals surface area contributed by atoms with Crippen LogP contribution in [0.4, 0.5) is 0 Å². The van der Waals surface area contributed by atoms with E-state index >= 15 is 0 Å². The zero-order valence-electron chi connectivity index (χ0n) is 24.4. The molecule has 5 aromatic rings. The van der Waals surface area contributed by atoms with Gasteiger partial charge in [-0.3, -0.25) is 9.78 Å². The maximum absolute atomic E-state index is 12.4. The fourth-order valence-electron chi connectivity index (χ4n) is 5.07. The molecule has 11 nitrogen and oxygen atoms in total. The van der Waals surface area contributed by atoms with Crippen LogP contribution in [-0.2, 0) is 22.6 Å².